The SMILES string of the molecule is COc1ccccc1OCCN1C(=O)S/C(=C\c2ccc(O)c(Cl)c2)C1=O. The van der Waals surface area contributed by atoms with Crippen molar-refractivity contribution < 1.29 is 24.2 Å². The Hall–Kier alpha value is -2.64. The fourth-order valence-electron chi connectivity index (χ4n) is 2.44. The molecule has 1 fully saturated rings. The molecule has 1 N–H and O–H groups in total. The number of nitrogens with zero attached hydrogens (tertiary/aromatic N) is 1. The van der Waals surface area contributed by atoms with E-state index in [0.29, 0.717) is 22.0 Å². The Bertz CT molecular complexity index is 915. The lowest BCUT2D eigenvalue weighted by atomic mass is 10.2. The number of phenolic OH excluding ortho intramolecular Hbond substituents is 1. The average Bonchev–Trinajstić information content (AvgIpc) is 2.92. The van der Waals surface area contributed by atoms with Crippen LogP contribution in [0.15, 0.2) is 47.4 Å². The third-order valence-corrected chi connectivity index (χ3v) is 4.99. The highest BCUT2D eigenvalue weighted by Gasteiger charge is 2.34. The number of aromatic hydroxyl groups is 1. The van der Waals surface area contributed by atoms with Crippen molar-refractivity contribution in [2.45, 2.75) is 0 Å². The van der Waals surface area contributed by atoms with Crippen LogP contribution in [-0.2, 0) is 4.79 Å². The Kier molecular flexibility index (Phi) is 5.93. The maximum Gasteiger partial charge on any atom is 0.293 e. The van der Waals surface area contributed by atoms with E-state index in [0.717, 1.165) is 16.7 Å². The van der Waals surface area contributed by atoms with Gasteiger partial charge in [-0.05, 0) is 47.7 Å². The predicted octanol–water partition coefficient (Wildman–Crippen LogP) is 4.17. The van der Waals surface area contributed by atoms with Crippen molar-refractivity contribution in [2.75, 3.05) is 20.3 Å². The molecule has 140 valence electrons. The van der Waals surface area contributed by atoms with Crippen LogP contribution in [0.4, 0.5) is 4.79 Å². The van der Waals surface area contributed by atoms with E-state index in [-0.39, 0.29) is 29.2 Å². The highest BCUT2D eigenvalue weighted by molar-refractivity contribution is 8.18. The zero-order chi connectivity index (χ0) is 19.4. The van der Waals surface area contributed by atoms with Crippen LogP contribution in [-0.4, -0.2) is 41.4 Å². The molecule has 2 aromatic carbocycles. The van der Waals surface area contributed by atoms with Crippen LogP contribution < -0.4 is 9.47 Å². The molecule has 2 amide bonds. The highest BCUT2D eigenvalue weighted by atomic mass is 35.5. The molecule has 3 rings (SSSR count). The van der Waals surface area contributed by atoms with Gasteiger partial charge in [0.1, 0.15) is 12.4 Å². The summed E-state index contributed by atoms with van der Waals surface area (Å²) in [7, 11) is 1.54. The molecule has 0 radical (unpaired) electrons. The van der Waals surface area contributed by atoms with Crippen LogP contribution >= 0.6 is 23.4 Å². The van der Waals surface area contributed by atoms with Gasteiger partial charge in [-0.15, -0.1) is 0 Å². The number of thioether (sulfide) groups is 1. The molecule has 2 aromatic rings. The predicted molar refractivity (Wildman–Crippen MR) is 104 cm³/mol. The van der Waals surface area contributed by atoms with Crippen molar-refractivity contribution >= 4 is 40.6 Å². The number of imide groups is 1. The van der Waals surface area contributed by atoms with Crippen LogP contribution in [0.5, 0.6) is 17.2 Å². The number of carbonyl (C=O) groups is 2. The first-order valence-electron chi connectivity index (χ1n) is 7.99. The van der Waals surface area contributed by atoms with E-state index in [9.17, 15) is 14.7 Å². The maximum atomic E-state index is 12.5. The second-order valence-electron chi connectivity index (χ2n) is 5.54. The van der Waals surface area contributed by atoms with Crippen LogP contribution in [0.25, 0.3) is 6.08 Å². The molecule has 1 aliphatic rings. The lowest BCUT2D eigenvalue weighted by Crippen LogP contribution is -2.32. The summed E-state index contributed by atoms with van der Waals surface area (Å²) in [5, 5.41) is 9.27. The number of carbonyl (C=O) groups excluding carboxylic acids is 2. The third-order valence-electron chi connectivity index (χ3n) is 3.78. The number of benzene rings is 2. The first kappa shape index (κ1) is 19.1. The molecular weight excluding hydrogens is 390 g/mol. The molecule has 1 saturated heterocycles. The van der Waals surface area contributed by atoms with Crippen molar-refractivity contribution in [2.24, 2.45) is 0 Å². The fourth-order valence-corrected chi connectivity index (χ4v) is 3.50. The Morgan fingerprint density at radius 2 is 1.93 bits per heavy atom. The molecule has 0 bridgehead atoms. The zero-order valence-corrected chi connectivity index (χ0v) is 15.9. The van der Waals surface area contributed by atoms with Gasteiger partial charge in [-0.25, -0.2) is 0 Å². The minimum absolute atomic E-state index is 0.0459. The van der Waals surface area contributed by atoms with Gasteiger partial charge in [0.05, 0.1) is 23.6 Å². The molecular formula is C19H16ClNO5S. The molecule has 0 spiro atoms. The molecule has 8 heteroatoms. The lowest BCUT2D eigenvalue weighted by molar-refractivity contribution is -0.123. The molecule has 1 heterocycles. The maximum absolute atomic E-state index is 12.5. The summed E-state index contributed by atoms with van der Waals surface area (Å²) in [6.07, 6.45) is 1.57. The number of para-hydroxylation sites is 2. The second-order valence-corrected chi connectivity index (χ2v) is 6.94. The van der Waals surface area contributed by atoms with E-state index in [1.165, 1.54) is 12.1 Å². The Morgan fingerprint density at radius 1 is 1.19 bits per heavy atom. The summed E-state index contributed by atoms with van der Waals surface area (Å²) >= 11 is 6.72. The van der Waals surface area contributed by atoms with Crippen molar-refractivity contribution in [1.82, 2.24) is 4.90 Å². The van der Waals surface area contributed by atoms with E-state index in [4.69, 9.17) is 21.1 Å². The normalized spacial score (nSPS) is 15.5. The largest absolute Gasteiger partial charge is 0.506 e. The van der Waals surface area contributed by atoms with Gasteiger partial charge in [0.15, 0.2) is 11.5 Å². The zero-order valence-electron chi connectivity index (χ0n) is 14.3. The number of methoxy groups -OCH3 is 1. The van der Waals surface area contributed by atoms with E-state index >= 15 is 0 Å². The number of amides is 2. The van der Waals surface area contributed by atoms with Gasteiger partial charge in [-0.3, -0.25) is 14.5 Å². The summed E-state index contributed by atoms with van der Waals surface area (Å²) in [5.41, 5.74) is 0.619. The number of ether oxygens (including phenoxy) is 2. The Morgan fingerprint density at radius 3 is 2.63 bits per heavy atom. The van der Waals surface area contributed by atoms with Crippen molar-refractivity contribution in [3.8, 4) is 17.2 Å². The van der Waals surface area contributed by atoms with Crippen LogP contribution in [0.3, 0.4) is 0 Å². The standard InChI is InChI=1S/C19H16ClNO5S/c1-25-15-4-2-3-5-16(15)26-9-8-21-18(23)17(27-19(21)24)11-12-6-7-14(22)13(20)10-12/h2-7,10-11,22H,8-9H2,1H3/b17-11-. The molecule has 0 atom stereocenters. The van der Waals surface area contributed by atoms with Gasteiger partial charge in [0.2, 0.25) is 0 Å². The quantitative estimate of drug-likeness (QED) is 0.727. The number of rotatable bonds is 6. The number of hydrogen-bond acceptors (Lipinski definition) is 6. The summed E-state index contributed by atoms with van der Waals surface area (Å²) in [6, 6.07) is 11.7. The molecule has 1 aliphatic heterocycles. The molecule has 0 saturated carbocycles. The molecule has 0 aliphatic carbocycles. The van der Waals surface area contributed by atoms with E-state index in [1.54, 1.807) is 31.4 Å². The lowest BCUT2D eigenvalue weighted by Gasteiger charge is -2.14. The minimum Gasteiger partial charge on any atom is -0.506 e. The fraction of sp³-hybridized carbons (Fsp3) is 0.158. The Labute approximate surface area is 165 Å². The van der Waals surface area contributed by atoms with E-state index < -0.39 is 5.91 Å². The molecule has 6 nitrogen and oxygen atoms in total. The van der Waals surface area contributed by atoms with Gasteiger partial charge in [-0.2, -0.15) is 0 Å². The van der Waals surface area contributed by atoms with Crippen LogP contribution in [0.2, 0.25) is 5.02 Å². The van der Waals surface area contributed by atoms with Crippen molar-refractivity contribution in [1.29, 1.82) is 0 Å². The number of hydrogen-bond donors (Lipinski definition) is 1. The van der Waals surface area contributed by atoms with Gasteiger partial charge < -0.3 is 14.6 Å². The van der Waals surface area contributed by atoms with Crippen LogP contribution in [0.1, 0.15) is 5.56 Å². The first-order valence-corrected chi connectivity index (χ1v) is 9.18. The summed E-state index contributed by atoms with van der Waals surface area (Å²) < 4.78 is 10.8. The monoisotopic (exact) mass is 405 g/mol. The summed E-state index contributed by atoms with van der Waals surface area (Å²) in [4.78, 5) is 26.1. The molecule has 0 aromatic heterocycles. The highest BCUT2D eigenvalue weighted by Crippen LogP contribution is 2.33. The van der Waals surface area contributed by atoms with Gasteiger partial charge >= 0.3 is 0 Å². The number of halogens is 1. The topological polar surface area (TPSA) is 76.1 Å². The minimum atomic E-state index is -0.391. The van der Waals surface area contributed by atoms with Crippen LogP contribution in [0, 0.1) is 0 Å². The number of phenols is 1. The van der Waals surface area contributed by atoms with Gasteiger partial charge in [0, 0.05) is 0 Å². The van der Waals surface area contributed by atoms with Crippen molar-refractivity contribution in [3.05, 3.63) is 58.0 Å². The summed E-state index contributed by atoms with van der Waals surface area (Å²) in [6.45, 7) is 0.271. The van der Waals surface area contributed by atoms with E-state index in [1.807, 2.05) is 12.1 Å². The summed E-state index contributed by atoms with van der Waals surface area (Å²) in [5.74, 6) is 0.685. The first-order chi connectivity index (χ1) is 13.0. The van der Waals surface area contributed by atoms with Gasteiger partial charge in [0.25, 0.3) is 11.1 Å². The van der Waals surface area contributed by atoms with E-state index in [2.05, 4.69) is 0 Å². The molecule has 27 heavy (non-hydrogen) atoms. The average molecular weight is 406 g/mol. The van der Waals surface area contributed by atoms with Crippen molar-refractivity contribution in [3.63, 3.8) is 0 Å². The second kappa shape index (κ2) is 8.37. The third kappa shape index (κ3) is 4.37. The Balaban J connectivity index is 1.65. The molecule has 0 unspecified atom stereocenters. The smallest absolute Gasteiger partial charge is 0.293 e. The van der Waals surface area contributed by atoms with Gasteiger partial charge in [-0.1, -0.05) is 29.8 Å².